The molecule has 2 aromatic carbocycles. The first-order chi connectivity index (χ1) is 12.9. The van der Waals surface area contributed by atoms with Gasteiger partial charge in [0.1, 0.15) is 11.5 Å². The Balaban J connectivity index is 1.59. The number of ether oxygens (including phenoxy) is 2. The van der Waals surface area contributed by atoms with Crippen molar-refractivity contribution in [2.45, 2.75) is 39.5 Å². The lowest BCUT2D eigenvalue weighted by Crippen LogP contribution is -2.10. The summed E-state index contributed by atoms with van der Waals surface area (Å²) in [5.74, 6) is 1.34. The van der Waals surface area contributed by atoms with E-state index in [1.54, 1.807) is 18.2 Å². The molecule has 0 bridgehead atoms. The normalized spacial score (nSPS) is 17.2. The van der Waals surface area contributed by atoms with Gasteiger partial charge in [-0.25, -0.2) is 0 Å². The average molecular weight is 362 g/mol. The molecule has 0 N–H and O–H groups in total. The molecule has 4 nitrogen and oxygen atoms in total. The van der Waals surface area contributed by atoms with E-state index in [9.17, 15) is 9.59 Å². The second-order valence-corrected chi connectivity index (χ2v) is 7.52. The van der Waals surface area contributed by atoms with E-state index in [-0.39, 0.29) is 23.4 Å². The average Bonchev–Trinajstić information content (AvgIpc) is 3.45. The van der Waals surface area contributed by atoms with Crippen molar-refractivity contribution >= 4 is 17.8 Å². The van der Waals surface area contributed by atoms with Crippen molar-refractivity contribution in [2.24, 2.45) is 5.92 Å². The minimum absolute atomic E-state index is 0.0180. The Labute approximate surface area is 158 Å². The molecule has 1 aliphatic heterocycles. The lowest BCUT2D eigenvalue weighted by atomic mass is 10.0. The molecule has 1 heterocycles. The van der Waals surface area contributed by atoms with Gasteiger partial charge in [0.05, 0.1) is 11.5 Å². The molecule has 27 heavy (non-hydrogen) atoms. The molecular weight excluding hydrogens is 340 g/mol. The molecule has 0 atom stereocenters. The van der Waals surface area contributed by atoms with Gasteiger partial charge >= 0.3 is 5.97 Å². The summed E-state index contributed by atoms with van der Waals surface area (Å²) in [7, 11) is 0. The molecule has 4 heteroatoms. The molecule has 4 rings (SSSR count). The monoisotopic (exact) mass is 362 g/mol. The first-order valence-corrected chi connectivity index (χ1v) is 9.33. The highest BCUT2D eigenvalue weighted by molar-refractivity contribution is 6.15. The smallest absolute Gasteiger partial charge is 0.314 e. The molecule has 0 amide bonds. The Hall–Kier alpha value is -2.88. The minimum Gasteiger partial charge on any atom is -0.452 e. The first kappa shape index (κ1) is 17.5. The van der Waals surface area contributed by atoms with Crippen molar-refractivity contribution in [3.05, 3.63) is 64.4 Å². The fourth-order valence-corrected chi connectivity index (χ4v) is 3.12. The van der Waals surface area contributed by atoms with Gasteiger partial charge in [0, 0.05) is 5.56 Å². The number of fused-ring (bicyclic) bond motifs is 1. The van der Waals surface area contributed by atoms with Gasteiger partial charge in [-0.3, -0.25) is 9.59 Å². The van der Waals surface area contributed by atoms with Crippen LogP contribution in [0.25, 0.3) is 6.08 Å². The highest BCUT2D eigenvalue weighted by Gasteiger charge is 2.34. The van der Waals surface area contributed by atoms with E-state index in [4.69, 9.17) is 9.47 Å². The third-order valence-electron chi connectivity index (χ3n) is 5.06. The van der Waals surface area contributed by atoms with Gasteiger partial charge in [-0.2, -0.15) is 0 Å². The lowest BCUT2D eigenvalue weighted by molar-refractivity contribution is -0.135. The first-order valence-electron chi connectivity index (χ1n) is 9.33. The summed E-state index contributed by atoms with van der Waals surface area (Å²) >= 11 is 0. The van der Waals surface area contributed by atoms with E-state index in [1.165, 1.54) is 5.56 Å². The zero-order valence-electron chi connectivity index (χ0n) is 15.7. The largest absolute Gasteiger partial charge is 0.452 e. The molecular formula is C23H22O4. The number of esters is 1. The number of hydrogen-bond donors (Lipinski definition) is 0. The van der Waals surface area contributed by atoms with E-state index < -0.39 is 0 Å². The Kier molecular flexibility index (Phi) is 4.34. The van der Waals surface area contributed by atoms with E-state index in [1.807, 2.05) is 19.1 Å². The van der Waals surface area contributed by atoms with Crippen LogP contribution in [0.15, 0.2) is 42.2 Å². The molecule has 0 spiro atoms. The fourth-order valence-electron chi connectivity index (χ4n) is 3.12. The van der Waals surface area contributed by atoms with E-state index in [0.717, 1.165) is 18.4 Å². The van der Waals surface area contributed by atoms with E-state index >= 15 is 0 Å². The molecule has 1 fully saturated rings. The van der Waals surface area contributed by atoms with Gasteiger partial charge in [0.25, 0.3) is 0 Å². The Morgan fingerprint density at radius 2 is 1.85 bits per heavy atom. The van der Waals surface area contributed by atoms with E-state index in [0.29, 0.717) is 28.5 Å². The predicted octanol–water partition coefficient (Wildman–Crippen LogP) is 5.05. The summed E-state index contributed by atoms with van der Waals surface area (Å²) in [6.45, 7) is 6.09. The summed E-state index contributed by atoms with van der Waals surface area (Å²) in [6, 6.07) is 11.4. The van der Waals surface area contributed by atoms with Crippen LogP contribution in [0.4, 0.5) is 0 Å². The van der Waals surface area contributed by atoms with Crippen LogP contribution in [0, 0.1) is 12.8 Å². The molecule has 0 unspecified atom stereocenters. The topological polar surface area (TPSA) is 52.6 Å². The SMILES string of the molecule is Cc1c(OC(=O)C2CC2)ccc2c1O/C(=C\c1ccc(C(C)C)cc1)C2=O. The predicted molar refractivity (Wildman–Crippen MR) is 103 cm³/mol. The number of hydrogen-bond acceptors (Lipinski definition) is 4. The Morgan fingerprint density at radius 1 is 1.15 bits per heavy atom. The van der Waals surface area contributed by atoms with Crippen LogP contribution in [0.1, 0.15) is 59.7 Å². The molecule has 0 radical (unpaired) electrons. The van der Waals surface area contributed by atoms with E-state index in [2.05, 4.69) is 26.0 Å². The number of ketones is 1. The molecule has 138 valence electrons. The van der Waals surface area contributed by atoms with Crippen molar-refractivity contribution in [3.8, 4) is 11.5 Å². The van der Waals surface area contributed by atoms with Crippen LogP contribution in [0.3, 0.4) is 0 Å². The maximum Gasteiger partial charge on any atom is 0.314 e. The van der Waals surface area contributed by atoms with Crippen molar-refractivity contribution in [2.75, 3.05) is 0 Å². The van der Waals surface area contributed by atoms with Crippen LogP contribution in [-0.2, 0) is 4.79 Å². The third kappa shape index (κ3) is 3.39. The van der Waals surface area contributed by atoms with Crippen molar-refractivity contribution < 1.29 is 19.1 Å². The summed E-state index contributed by atoms with van der Waals surface area (Å²) in [4.78, 5) is 24.6. The van der Waals surface area contributed by atoms with Crippen LogP contribution in [0.5, 0.6) is 11.5 Å². The highest BCUT2D eigenvalue weighted by Crippen LogP contribution is 2.40. The van der Waals surface area contributed by atoms with Gasteiger partial charge in [-0.05, 0) is 55.0 Å². The number of allylic oxidation sites excluding steroid dienone is 1. The summed E-state index contributed by atoms with van der Waals surface area (Å²) in [6.07, 6.45) is 3.53. The van der Waals surface area contributed by atoms with Gasteiger partial charge in [-0.15, -0.1) is 0 Å². The zero-order valence-corrected chi connectivity index (χ0v) is 15.7. The fraction of sp³-hybridized carbons (Fsp3) is 0.304. The summed E-state index contributed by atoms with van der Waals surface area (Å²) in [5, 5.41) is 0. The minimum atomic E-state index is -0.205. The molecule has 0 saturated heterocycles. The standard InChI is InChI=1S/C23H22O4/c1-13(2)16-6-4-15(5-7-16)12-20-21(24)18-10-11-19(14(3)22(18)26-20)27-23(25)17-8-9-17/h4-7,10-13,17H,8-9H2,1-3H3/b20-12-. The molecule has 2 aliphatic rings. The van der Waals surface area contributed by atoms with Gasteiger partial charge < -0.3 is 9.47 Å². The van der Waals surface area contributed by atoms with Crippen LogP contribution in [-0.4, -0.2) is 11.8 Å². The maximum atomic E-state index is 12.7. The van der Waals surface area contributed by atoms with Crippen LogP contribution < -0.4 is 9.47 Å². The van der Waals surface area contributed by atoms with Gasteiger partial charge in [0.15, 0.2) is 5.76 Å². The Morgan fingerprint density at radius 3 is 2.48 bits per heavy atom. The molecule has 0 aromatic heterocycles. The highest BCUT2D eigenvalue weighted by atomic mass is 16.5. The van der Waals surface area contributed by atoms with Crippen molar-refractivity contribution in [1.82, 2.24) is 0 Å². The number of benzene rings is 2. The van der Waals surface area contributed by atoms with Gasteiger partial charge in [-0.1, -0.05) is 38.1 Å². The Bertz CT molecular complexity index is 947. The zero-order chi connectivity index (χ0) is 19.1. The van der Waals surface area contributed by atoms with Crippen molar-refractivity contribution in [3.63, 3.8) is 0 Å². The molecule has 1 saturated carbocycles. The molecule has 1 aliphatic carbocycles. The summed E-state index contributed by atoms with van der Waals surface area (Å²) in [5.41, 5.74) is 3.34. The number of carbonyl (C=O) groups excluding carboxylic acids is 2. The van der Waals surface area contributed by atoms with Crippen LogP contribution >= 0.6 is 0 Å². The lowest BCUT2D eigenvalue weighted by Gasteiger charge is -2.09. The molecule has 2 aromatic rings. The van der Waals surface area contributed by atoms with Crippen LogP contribution in [0.2, 0.25) is 0 Å². The third-order valence-corrected chi connectivity index (χ3v) is 5.06. The van der Waals surface area contributed by atoms with Gasteiger partial charge in [0.2, 0.25) is 5.78 Å². The van der Waals surface area contributed by atoms with Crippen molar-refractivity contribution in [1.29, 1.82) is 0 Å². The second-order valence-electron chi connectivity index (χ2n) is 7.52. The second kappa shape index (κ2) is 6.69. The quantitative estimate of drug-likeness (QED) is 0.434. The number of Topliss-reactive ketones (excluding diaryl/α,β-unsaturated/α-hetero) is 1. The maximum absolute atomic E-state index is 12.7. The number of carbonyl (C=O) groups is 2. The summed E-state index contributed by atoms with van der Waals surface area (Å²) < 4.78 is 11.3. The number of rotatable bonds is 4.